The zero-order valence-electron chi connectivity index (χ0n) is 18.9. The summed E-state index contributed by atoms with van der Waals surface area (Å²) >= 11 is 0. The molecule has 2 amide bonds. The van der Waals surface area contributed by atoms with Gasteiger partial charge < -0.3 is 15.2 Å². The number of fused-ring (bicyclic) bond motifs is 1. The molecule has 2 heterocycles. The molecule has 170 valence electrons. The van der Waals surface area contributed by atoms with E-state index in [2.05, 4.69) is 28.5 Å². The van der Waals surface area contributed by atoms with E-state index in [4.69, 9.17) is 0 Å². The zero-order valence-corrected chi connectivity index (χ0v) is 18.9. The second-order valence-electron chi connectivity index (χ2n) is 8.59. The van der Waals surface area contributed by atoms with Crippen LogP contribution in [-0.2, 0) is 11.2 Å². The molecule has 5 heteroatoms. The Morgan fingerprint density at radius 3 is 2.35 bits per heavy atom. The summed E-state index contributed by atoms with van der Waals surface area (Å²) in [6.45, 7) is 1.15. The van der Waals surface area contributed by atoms with Crippen LogP contribution in [0.4, 0.5) is 0 Å². The molecular weight excluding hydrogens is 422 g/mol. The lowest BCUT2D eigenvalue weighted by Gasteiger charge is -2.30. The molecular formula is C29H27N3O2. The fraction of sp³-hybridized carbons (Fsp3) is 0.172. The molecule has 0 aliphatic carbocycles. The van der Waals surface area contributed by atoms with Crippen molar-refractivity contribution in [1.29, 1.82) is 0 Å². The van der Waals surface area contributed by atoms with Crippen molar-refractivity contribution in [3.8, 4) is 0 Å². The number of hydrogen-bond donors (Lipinski definition) is 2. The van der Waals surface area contributed by atoms with Crippen LogP contribution in [0.15, 0.2) is 97.2 Å². The Morgan fingerprint density at radius 1 is 0.912 bits per heavy atom. The molecule has 1 aliphatic rings. The minimum absolute atomic E-state index is 0.0534. The average Bonchev–Trinajstić information content (AvgIpc) is 3.33. The number of hydrogen-bond acceptors (Lipinski definition) is 2. The summed E-state index contributed by atoms with van der Waals surface area (Å²) in [6.07, 6.45) is 5.41. The largest absolute Gasteiger partial charge is 0.361 e. The van der Waals surface area contributed by atoms with Crippen LogP contribution in [-0.4, -0.2) is 40.8 Å². The number of rotatable bonds is 6. The lowest BCUT2D eigenvalue weighted by Crippen LogP contribution is -2.50. The molecule has 1 atom stereocenters. The normalized spacial score (nSPS) is 14.5. The van der Waals surface area contributed by atoms with Crippen LogP contribution in [0.1, 0.15) is 27.9 Å². The number of H-pyrrole nitrogens is 1. The first-order chi connectivity index (χ1) is 16.7. The van der Waals surface area contributed by atoms with Gasteiger partial charge >= 0.3 is 0 Å². The highest BCUT2D eigenvalue weighted by Crippen LogP contribution is 2.29. The van der Waals surface area contributed by atoms with E-state index in [0.717, 1.165) is 17.5 Å². The number of para-hydroxylation sites is 1. The van der Waals surface area contributed by atoms with Crippen molar-refractivity contribution in [3.05, 3.63) is 114 Å². The first-order valence-electron chi connectivity index (χ1n) is 11.6. The number of carbonyl (C=O) groups excluding carboxylic acids is 2. The maximum atomic E-state index is 13.6. The highest BCUT2D eigenvalue weighted by molar-refractivity contribution is 5.98. The van der Waals surface area contributed by atoms with Crippen LogP contribution in [0.3, 0.4) is 0 Å². The van der Waals surface area contributed by atoms with Gasteiger partial charge in [-0.1, -0.05) is 72.8 Å². The maximum absolute atomic E-state index is 13.6. The fourth-order valence-electron chi connectivity index (χ4n) is 4.55. The number of aromatic amines is 1. The van der Waals surface area contributed by atoms with Gasteiger partial charge in [-0.05, 0) is 35.8 Å². The van der Waals surface area contributed by atoms with Crippen LogP contribution in [0.2, 0.25) is 0 Å². The Hall–Kier alpha value is -4.12. The summed E-state index contributed by atoms with van der Waals surface area (Å²) < 4.78 is 0. The predicted octanol–water partition coefficient (Wildman–Crippen LogP) is 4.82. The van der Waals surface area contributed by atoms with Crippen LogP contribution < -0.4 is 5.32 Å². The molecule has 0 saturated carbocycles. The second-order valence-corrected chi connectivity index (χ2v) is 8.59. The number of aromatic nitrogens is 1. The standard InChI is InChI=1S/C29H27N3O2/c33-28(23-11-5-2-6-12-23)31-27(19-21-9-3-1-4-10-21)29(34)32-17-15-22(16-18-32)25-20-30-26-14-8-7-13-24(25)26/h1-15,20,27,30H,16-19H2,(H,31,33). The molecule has 1 unspecified atom stereocenters. The van der Waals surface area contributed by atoms with Crippen molar-refractivity contribution < 1.29 is 9.59 Å². The SMILES string of the molecule is O=C(NC(Cc1ccccc1)C(=O)N1CC=C(c2c[nH]c3ccccc23)CC1)c1ccccc1. The van der Waals surface area contributed by atoms with Crippen molar-refractivity contribution in [2.75, 3.05) is 13.1 Å². The molecule has 2 N–H and O–H groups in total. The van der Waals surface area contributed by atoms with E-state index in [0.29, 0.717) is 25.1 Å². The van der Waals surface area contributed by atoms with Crippen molar-refractivity contribution in [2.24, 2.45) is 0 Å². The van der Waals surface area contributed by atoms with Gasteiger partial charge in [0, 0.05) is 47.7 Å². The monoisotopic (exact) mass is 449 g/mol. The first kappa shape index (κ1) is 21.7. The zero-order chi connectivity index (χ0) is 23.3. The van der Waals surface area contributed by atoms with E-state index in [9.17, 15) is 9.59 Å². The van der Waals surface area contributed by atoms with Gasteiger partial charge in [0.15, 0.2) is 0 Å². The van der Waals surface area contributed by atoms with Crippen LogP contribution in [0.25, 0.3) is 16.5 Å². The van der Waals surface area contributed by atoms with E-state index in [-0.39, 0.29) is 11.8 Å². The molecule has 34 heavy (non-hydrogen) atoms. The first-order valence-corrected chi connectivity index (χ1v) is 11.6. The smallest absolute Gasteiger partial charge is 0.251 e. The van der Waals surface area contributed by atoms with Gasteiger partial charge in [0.1, 0.15) is 6.04 Å². The van der Waals surface area contributed by atoms with Gasteiger partial charge in [0.25, 0.3) is 5.91 Å². The summed E-state index contributed by atoms with van der Waals surface area (Å²) in [6, 6.07) is 26.5. The van der Waals surface area contributed by atoms with Crippen molar-refractivity contribution in [1.82, 2.24) is 15.2 Å². The summed E-state index contributed by atoms with van der Waals surface area (Å²) in [4.78, 5) is 31.6. The minimum atomic E-state index is -0.627. The third-order valence-electron chi connectivity index (χ3n) is 6.38. The highest BCUT2D eigenvalue weighted by Gasteiger charge is 2.28. The van der Waals surface area contributed by atoms with Crippen LogP contribution in [0.5, 0.6) is 0 Å². The van der Waals surface area contributed by atoms with Gasteiger partial charge in [-0.2, -0.15) is 0 Å². The molecule has 0 radical (unpaired) electrons. The highest BCUT2D eigenvalue weighted by atomic mass is 16.2. The van der Waals surface area contributed by atoms with Crippen LogP contribution >= 0.6 is 0 Å². The lowest BCUT2D eigenvalue weighted by molar-refractivity contribution is -0.132. The Bertz CT molecular complexity index is 1330. The van der Waals surface area contributed by atoms with Gasteiger partial charge in [-0.15, -0.1) is 0 Å². The quantitative estimate of drug-likeness (QED) is 0.443. The lowest BCUT2D eigenvalue weighted by atomic mass is 9.97. The second kappa shape index (κ2) is 9.79. The van der Waals surface area contributed by atoms with Gasteiger partial charge in [0.2, 0.25) is 5.91 Å². The summed E-state index contributed by atoms with van der Waals surface area (Å²) in [5.41, 5.74) is 5.12. The van der Waals surface area contributed by atoms with E-state index in [1.807, 2.05) is 71.8 Å². The third kappa shape index (κ3) is 4.64. The number of nitrogens with zero attached hydrogens (tertiary/aromatic N) is 1. The average molecular weight is 450 g/mol. The predicted molar refractivity (Wildman–Crippen MR) is 135 cm³/mol. The van der Waals surface area contributed by atoms with Gasteiger partial charge in [0.05, 0.1) is 0 Å². The Labute approximate surface area is 199 Å². The van der Waals surface area contributed by atoms with Crippen molar-refractivity contribution in [3.63, 3.8) is 0 Å². The number of amides is 2. The summed E-state index contributed by atoms with van der Waals surface area (Å²) in [7, 11) is 0. The van der Waals surface area contributed by atoms with E-state index < -0.39 is 6.04 Å². The molecule has 5 rings (SSSR count). The molecule has 0 saturated heterocycles. The van der Waals surface area contributed by atoms with Crippen LogP contribution in [0, 0.1) is 0 Å². The van der Waals surface area contributed by atoms with Crippen molar-refractivity contribution >= 4 is 28.3 Å². The molecule has 4 aromatic rings. The Kier molecular flexibility index (Phi) is 6.25. The molecule has 1 aromatic heterocycles. The summed E-state index contributed by atoms with van der Waals surface area (Å²) in [5.74, 6) is -0.288. The number of carbonyl (C=O) groups is 2. The molecule has 1 aliphatic heterocycles. The van der Waals surface area contributed by atoms with E-state index >= 15 is 0 Å². The number of benzene rings is 3. The van der Waals surface area contributed by atoms with Gasteiger partial charge in [-0.3, -0.25) is 9.59 Å². The summed E-state index contributed by atoms with van der Waals surface area (Å²) in [5, 5.41) is 4.19. The topological polar surface area (TPSA) is 65.2 Å². The molecule has 3 aromatic carbocycles. The maximum Gasteiger partial charge on any atom is 0.251 e. The Balaban J connectivity index is 1.34. The molecule has 0 fully saturated rings. The van der Waals surface area contributed by atoms with Gasteiger partial charge in [-0.25, -0.2) is 0 Å². The van der Waals surface area contributed by atoms with E-state index in [1.54, 1.807) is 12.1 Å². The third-order valence-corrected chi connectivity index (χ3v) is 6.38. The van der Waals surface area contributed by atoms with E-state index in [1.165, 1.54) is 16.5 Å². The Morgan fingerprint density at radius 2 is 1.62 bits per heavy atom. The fourth-order valence-corrected chi connectivity index (χ4v) is 4.55. The minimum Gasteiger partial charge on any atom is -0.361 e. The molecule has 5 nitrogen and oxygen atoms in total. The molecule has 0 spiro atoms. The number of nitrogens with one attached hydrogen (secondary N) is 2. The molecule has 0 bridgehead atoms. The van der Waals surface area contributed by atoms with Crippen molar-refractivity contribution in [2.45, 2.75) is 18.9 Å².